The second-order valence-electron chi connectivity index (χ2n) is 5.03. The molecule has 2 rings (SSSR count). The fourth-order valence-corrected chi connectivity index (χ4v) is 2.26. The van der Waals surface area contributed by atoms with Crippen molar-refractivity contribution < 1.29 is 4.39 Å². The molecule has 0 saturated carbocycles. The Balaban J connectivity index is 1.97. The molecule has 0 aliphatic carbocycles. The number of hydrogen-bond donors (Lipinski definition) is 2. The zero-order valence-electron chi connectivity index (χ0n) is 11.6. The molecule has 1 aromatic heterocycles. The van der Waals surface area contributed by atoms with Gasteiger partial charge in [0.25, 0.3) is 0 Å². The number of hydrazine groups is 1. The van der Waals surface area contributed by atoms with Crippen LogP contribution in [-0.4, -0.2) is 11.0 Å². The number of benzene rings is 1. The van der Waals surface area contributed by atoms with Gasteiger partial charge < -0.3 is 0 Å². The Morgan fingerprint density at radius 2 is 2.00 bits per heavy atom. The van der Waals surface area contributed by atoms with Crippen molar-refractivity contribution in [2.45, 2.75) is 32.2 Å². The second kappa shape index (κ2) is 7.12. The number of hydrogen-bond acceptors (Lipinski definition) is 3. The summed E-state index contributed by atoms with van der Waals surface area (Å²) in [4.78, 5) is 4.00. The van der Waals surface area contributed by atoms with Gasteiger partial charge in [0.1, 0.15) is 5.82 Å². The van der Waals surface area contributed by atoms with Crippen LogP contribution in [0.25, 0.3) is 0 Å². The maximum absolute atomic E-state index is 13.3. The fraction of sp³-hybridized carbons (Fsp3) is 0.312. The molecule has 0 aliphatic rings. The maximum atomic E-state index is 13.3. The number of aromatic nitrogens is 1. The molecule has 0 bridgehead atoms. The molecule has 3 N–H and O–H groups in total. The van der Waals surface area contributed by atoms with E-state index in [0.717, 1.165) is 30.4 Å². The smallest absolute Gasteiger partial charge is 0.123 e. The highest BCUT2D eigenvalue weighted by Gasteiger charge is 2.10. The minimum Gasteiger partial charge on any atom is -0.271 e. The lowest BCUT2D eigenvalue weighted by Crippen LogP contribution is -2.37. The van der Waals surface area contributed by atoms with Gasteiger partial charge in [0.05, 0.1) is 0 Å². The van der Waals surface area contributed by atoms with Crippen LogP contribution < -0.4 is 11.3 Å². The average molecular weight is 273 g/mol. The second-order valence-corrected chi connectivity index (χ2v) is 5.03. The Kier molecular flexibility index (Phi) is 5.21. The molecule has 4 heteroatoms. The molecule has 1 unspecified atom stereocenters. The van der Waals surface area contributed by atoms with Crippen molar-refractivity contribution >= 4 is 0 Å². The Bertz CT molecular complexity index is 543. The van der Waals surface area contributed by atoms with Crippen LogP contribution in [0.2, 0.25) is 0 Å². The van der Waals surface area contributed by atoms with Crippen LogP contribution >= 0.6 is 0 Å². The van der Waals surface area contributed by atoms with Crippen LogP contribution in [0.4, 0.5) is 4.39 Å². The summed E-state index contributed by atoms with van der Waals surface area (Å²) >= 11 is 0. The monoisotopic (exact) mass is 273 g/mol. The Morgan fingerprint density at radius 1 is 1.25 bits per heavy atom. The van der Waals surface area contributed by atoms with Crippen molar-refractivity contribution in [2.75, 3.05) is 0 Å². The molecule has 0 saturated heterocycles. The predicted octanol–water partition coefficient (Wildman–Crippen LogP) is 2.54. The van der Waals surface area contributed by atoms with Crippen LogP contribution in [0.5, 0.6) is 0 Å². The van der Waals surface area contributed by atoms with Crippen molar-refractivity contribution in [1.82, 2.24) is 10.4 Å². The number of nitrogens with zero attached hydrogens (tertiary/aromatic N) is 1. The Hall–Kier alpha value is -1.78. The summed E-state index contributed by atoms with van der Waals surface area (Å²) in [5.74, 6) is 5.42. The molecule has 0 aliphatic heterocycles. The third kappa shape index (κ3) is 4.11. The van der Waals surface area contributed by atoms with Crippen LogP contribution in [0, 0.1) is 12.7 Å². The minimum atomic E-state index is -0.199. The number of nitrogens with two attached hydrogens (primary N) is 1. The van der Waals surface area contributed by atoms with Gasteiger partial charge in [0.15, 0.2) is 0 Å². The van der Waals surface area contributed by atoms with Gasteiger partial charge in [-0.1, -0.05) is 6.07 Å². The SMILES string of the molecule is Cc1ccc(F)cc1CC(CCc1ccncc1)NN. The highest BCUT2D eigenvalue weighted by atomic mass is 19.1. The van der Waals surface area contributed by atoms with Gasteiger partial charge >= 0.3 is 0 Å². The van der Waals surface area contributed by atoms with E-state index in [-0.39, 0.29) is 11.9 Å². The molecule has 3 nitrogen and oxygen atoms in total. The predicted molar refractivity (Wildman–Crippen MR) is 78.5 cm³/mol. The largest absolute Gasteiger partial charge is 0.271 e. The number of halogens is 1. The summed E-state index contributed by atoms with van der Waals surface area (Å²) in [6.45, 7) is 1.99. The van der Waals surface area contributed by atoms with E-state index >= 15 is 0 Å². The summed E-state index contributed by atoms with van der Waals surface area (Å²) < 4.78 is 13.3. The molecule has 0 radical (unpaired) electrons. The van der Waals surface area contributed by atoms with Gasteiger partial charge in [-0.05, 0) is 67.1 Å². The van der Waals surface area contributed by atoms with Crippen LogP contribution in [0.1, 0.15) is 23.1 Å². The van der Waals surface area contributed by atoms with Gasteiger partial charge in [0.2, 0.25) is 0 Å². The van der Waals surface area contributed by atoms with E-state index in [1.165, 1.54) is 11.6 Å². The van der Waals surface area contributed by atoms with Crippen molar-refractivity contribution in [1.29, 1.82) is 0 Å². The summed E-state index contributed by atoms with van der Waals surface area (Å²) in [6.07, 6.45) is 6.13. The van der Waals surface area contributed by atoms with Crippen molar-refractivity contribution in [3.8, 4) is 0 Å². The highest BCUT2D eigenvalue weighted by Crippen LogP contribution is 2.14. The normalized spacial score (nSPS) is 12.3. The topological polar surface area (TPSA) is 50.9 Å². The van der Waals surface area contributed by atoms with E-state index in [2.05, 4.69) is 10.4 Å². The Morgan fingerprint density at radius 3 is 2.70 bits per heavy atom. The summed E-state index contributed by atoms with van der Waals surface area (Å²) in [6, 6.07) is 9.01. The molecule has 20 heavy (non-hydrogen) atoms. The van der Waals surface area contributed by atoms with Gasteiger partial charge in [-0.2, -0.15) is 0 Å². The third-order valence-electron chi connectivity index (χ3n) is 3.54. The third-order valence-corrected chi connectivity index (χ3v) is 3.54. The first-order valence-electron chi connectivity index (χ1n) is 6.79. The quantitative estimate of drug-likeness (QED) is 0.628. The molecule has 0 amide bonds. The van der Waals surface area contributed by atoms with Crippen molar-refractivity contribution in [3.63, 3.8) is 0 Å². The number of aryl methyl sites for hydroxylation is 2. The summed E-state index contributed by atoms with van der Waals surface area (Å²) in [5, 5.41) is 0. The molecular formula is C16H20FN3. The first kappa shape index (κ1) is 14.6. The lowest BCUT2D eigenvalue weighted by molar-refractivity contribution is 0.489. The molecule has 106 valence electrons. The summed E-state index contributed by atoms with van der Waals surface area (Å²) in [7, 11) is 0. The van der Waals surface area contributed by atoms with Crippen LogP contribution in [0.15, 0.2) is 42.7 Å². The van der Waals surface area contributed by atoms with E-state index in [9.17, 15) is 4.39 Å². The molecule has 1 atom stereocenters. The maximum Gasteiger partial charge on any atom is 0.123 e. The van der Waals surface area contributed by atoms with Crippen LogP contribution in [-0.2, 0) is 12.8 Å². The van der Waals surface area contributed by atoms with E-state index in [4.69, 9.17) is 5.84 Å². The fourth-order valence-electron chi connectivity index (χ4n) is 2.26. The summed E-state index contributed by atoms with van der Waals surface area (Å²) in [5.41, 5.74) is 6.16. The van der Waals surface area contributed by atoms with Crippen molar-refractivity contribution in [2.24, 2.45) is 5.84 Å². The van der Waals surface area contributed by atoms with Gasteiger partial charge in [-0.25, -0.2) is 4.39 Å². The first-order chi connectivity index (χ1) is 9.69. The van der Waals surface area contributed by atoms with E-state index < -0.39 is 0 Å². The number of pyridine rings is 1. The van der Waals surface area contributed by atoms with E-state index in [0.29, 0.717) is 0 Å². The van der Waals surface area contributed by atoms with Gasteiger partial charge in [-0.15, -0.1) is 0 Å². The first-order valence-corrected chi connectivity index (χ1v) is 6.79. The molecule has 2 aromatic rings. The lowest BCUT2D eigenvalue weighted by atomic mass is 9.97. The van der Waals surface area contributed by atoms with Crippen molar-refractivity contribution in [3.05, 3.63) is 65.2 Å². The van der Waals surface area contributed by atoms with Gasteiger partial charge in [-0.3, -0.25) is 16.3 Å². The Labute approximate surface area is 119 Å². The molecule has 1 aromatic carbocycles. The lowest BCUT2D eigenvalue weighted by Gasteiger charge is -2.17. The van der Waals surface area contributed by atoms with E-state index in [1.807, 2.05) is 19.1 Å². The zero-order chi connectivity index (χ0) is 14.4. The molecule has 1 heterocycles. The average Bonchev–Trinajstić information content (AvgIpc) is 2.48. The minimum absolute atomic E-state index is 0.128. The molecular weight excluding hydrogens is 253 g/mol. The molecule has 0 fully saturated rings. The van der Waals surface area contributed by atoms with Gasteiger partial charge in [0, 0.05) is 18.4 Å². The standard InChI is InChI=1S/C16H20FN3/c1-12-2-4-15(17)10-14(12)11-16(20-18)5-3-13-6-8-19-9-7-13/h2,4,6-10,16,20H,3,5,11,18H2,1H3. The number of rotatable bonds is 6. The highest BCUT2D eigenvalue weighted by molar-refractivity contribution is 5.27. The van der Waals surface area contributed by atoms with E-state index in [1.54, 1.807) is 24.5 Å². The molecule has 0 spiro atoms. The zero-order valence-corrected chi connectivity index (χ0v) is 11.6. The number of nitrogens with one attached hydrogen (secondary N) is 1. The van der Waals surface area contributed by atoms with Crippen LogP contribution in [0.3, 0.4) is 0 Å².